The Bertz CT molecular complexity index is 836. The number of aliphatic hydroxyl groups is 1. The van der Waals surface area contributed by atoms with Gasteiger partial charge in [-0.05, 0) is 35.2 Å². The van der Waals surface area contributed by atoms with E-state index in [9.17, 15) is 9.90 Å². The molecule has 0 radical (unpaired) electrons. The van der Waals surface area contributed by atoms with E-state index in [1.165, 1.54) is 5.56 Å². The normalized spacial score (nSPS) is 12.3. The summed E-state index contributed by atoms with van der Waals surface area (Å²) in [6.07, 6.45) is 2.74. The summed E-state index contributed by atoms with van der Waals surface area (Å²) in [5.41, 5.74) is 1.98. The van der Waals surface area contributed by atoms with Crippen LogP contribution in [0.1, 0.15) is 53.3 Å². The summed E-state index contributed by atoms with van der Waals surface area (Å²) in [6.45, 7) is 4.82. The second-order valence-electron chi connectivity index (χ2n) is 6.52. The summed E-state index contributed by atoms with van der Waals surface area (Å²) in [4.78, 5) is 12.2. The van der Waals surface area contributed by atoms with Crippen molar-refractivity contribution < 1.29 is 14.3 Å². The number of hydrogen-bond acceptors (Lipinski definition) is 4. The SMILES string of the molecule is CC(C)c1ccc(C(O)CNC(=O)c2ccc(Cn3cccn3)o2)cc1. The molecule has 2 heterocycles. The first-order valence-corrected chi connectivity index (χ1v) is 8.65. The van der Waals surface area contributed by atoms with Gasteiger partial charge in [0.25, 0.3) is 5.91 Å². The van der Waals surface area contributed by atoms with E-state index in [2.05, 4.69) is 24.3 Å². The number of amides is 1. The molecule has 136 valence electrons. The average molecular weight is 353 g/mol. The van der Waals surface area contributed by atoms with Crippen molar-refractivity contribution in [3.05, 3.63) is 77.5 Å². The number of nitrogens with zero attached hydrogens (tertiary/aromatic N) is 2. The van der Waals surface area contributed by atoms with Crippen molar-refractivity contribution in [2.75, 3.05) is 6.54 Å². The van der Waals surface area contributed by atoms with Gasteiger partial charge in [-0.2, -0.15) is 5.10 Å². The lowest BCUT2D eigenvalue weighted by Gasteiger charge is -2.13. The van der Waals surface area contributed by atoms with Crippen molar-refractivity contribution in [2.24, 2.45) is 0 Å². The fourth-order valence-electron chi connectivity index (χ4n) is 2.64. The molecule has 1 aromatic carbocycles. The predicted octanol–water partition coefficient (Wildman–Crippen LogP) is 3.11. The molecule has 26 heavy (non-hydrogen) atoms. The van der Waals surface area contributed by atoms with Crippen LogP contribution in [0.2, 0.25) is 0 Å². The van der Waals surface area contributed by atoms with Gasteiger partial charge in [-0.25, -0.2) is 0 Å². The number of hydrogen-bond donors (Lipinski definition) is 2. The molecule has 0 bridgehead atoms. The Morgan fingerprint density at radius 1 is 1.19 bits per heavy atom. The summed E-state index contributed by atoms with van der Waals surface area (Å²) in [5, 5.41) is 17.1. The molecule has 0 aliphatic heterocycles. The van der Waals surface area contributed by atoms with Crippen LogP contribution < -0.4 is 5.32 Å². The highest BCUT2D eigenvalue weighted by molar-refractivity contribution is 5.91. The number of carbonyl (C=O) groups is 1. The van der Waals surface area contributed by atoms with Gasteiger partial charge < -0.3 is 14.8 Å². The average Bonchev–Trinajstić information content (AvgIpc) is 3.32. The van der Waals surface area contributed by atoms with Crippen molar-refractivity contribution in [1.29, 1.82) is 0 Å². The Hall–Kier alpha value is -2.86. The molecule has 2 aromatic heterocycles. The smallest absolute Gasteiger partial charge is 0.287 e. The fraction of sp³-hybridized carbons (Fsp3) is 0.300. The van der Waals surface area contributed by atoms with Crippen LogP contribution in [0.4, 0.5) is 0 Å². The summed E-state index contributed by atoms with van der Waals surface area (Å²) in [7, 11) is 0. The number of rotatable bonds is 7. The molecule has 0 aliphatic rings. The molecule has 6 nitrogen and oxygen atoms in total. The molecule has 6 heteroatoms. The lowest BCUT2D eigenvalue weighted by Crippen LogP contribution is -2.28. The van der Waals surface area contributed by atoms with Crippen LogP contribution in [0.25, 0.3) is 0 Å². The van der Waals surface area contributed by atoms with Gasteiger partial charge in [0.15, 0.2) is 5.76 Å². The van der Waals surface area contributed by atoms with Crippen LogP contribution in [0, 0.1) is 0 Å². The molecule has 0 aliphatic carbocycles. The zero-order valence-corrected chi connectivity index (χ0v) is 14.9. The lowest BCUT2D eigenvalue weighted by molar-refractivity contribution is 0.0887. The van der Waals surface area contributed by atoms with Crippen LogP contribution in [-0.4, -0.2) is 27.3 Å². The largest absolute Gasteiger partial charge is 0.454 e. The summed E-state index contributed by atoms with van der Waals surface area (Å²) < 4.78 is 7.26. The van der Waals surface area contributed by atoms with Gasteiger partial charge in [0.05, 0.1) is 12.6 Å². The third kappa shape index (κ3) is 4.40. The van der Waals surface area contributed by atoms with Gasteiger partial charge in [0.2, 0.25) is 0 Å². The Morgan fingerprint density at radius 3 is 2.58 bits per heavy atom. The Balaban J connectivity index is 1.54. The van der Waals surface area contributed by atoms with Crippen LogP contribution >= 0.6 is 0 Å². The first kappa shape index (κ1) is 17.9. The van der Waals surface area contributed by atoms with E-state index in [-0.39, 0.29) is 18.2 Å². The van der Waals surface area contributed by atoms with E-state index < -0.39 is 6.10 Å². The van der Waals surface area contributed by atoms with E-state index >= 15 is 0 Å². The predicted molar refractivity (Wildman–Crippen MR) is 97.9 cm³/mol. The van der Waals surface area contributed by atoms with Crippen molar-refractivity contribution in [2.45, 2.75) is 32.4 Å². The molecule has 3 rings (SSSR count). The van der Waals surface area contributed by atoms with Crippen LogP contribution in [0.5, 0.6) is 0 Å². The molecular formula is C20H23N3O3. The number of benzene rings is 1. The molecular weight excluding hydrogens is 330 g/mol. The first-order chi connectivity index (χ1) is 12.5. The second kappa shape index (κ2) is 8.01. The second-order valence-corrected chi connectivity index (χ2v) is 6.52. The molecule has 0 saturated heterocycles. The Kier molecular flexibility index (Phi) is 5.53. The number of carbonyl (C=O) groups excluding carboxylic acids is 1. The maximum absolute atomic E-state index is 12.2. The van der Waals surface area contributed by atoms with E-state index in [1.807, 2.05) is 36.5 Å². The molecule has 1 atom stereocenters. The summed E-state index contributed by atoms with van der Waals surface area (Å²) in [6, 6.07) is 13.0. The number of furan rings is 1. The van der Waals surface area contributed by atoms with Crippen LogP contribution in [-0.2, 0) is 6.54 Å². The van der Waals surface area contributed by atoms with E-state index in [0.717, 1.165) is 5.56 Å². The summed E-state index contributed by atoms with van der Waals surface area (Å²) >= 11 is 0. The minimum Gasteiger partial charge on any atom is -0.454 e. The Morgan fingerprint density at radius 2 is 1.92 bits per heavy atom. The maximum atomic E-state index is 12.2. The number of aliphatic hydroxyl groups excluding tert-OH is 1. The minimum absolute atomic E-state index is 0.120. The zero-order valence-electron chi connectivity index (χ0n) is 14.9. The van der Waals surface area contributed by atoms with E-state index in [1.54, 1.807) is 23.0 Å². The van der Waals surface area contributed by atoms with Crippen molar-refractivity contribution in [3.8, 4) is 0 Å². The number of aromatic nitrogens is 2. The van der Waals surface area contributed by atoms with Gasteiger partial charge in [-0.3, -0.25) is 9.48 Å². The number of nitrogens with one attached hydrogen (secondary N) is 1. The van der Waals surface area contributed by atoms with Gasteiger partial charge in [0.1, 0.15) is 5.76 Å². The van der Waals surface area contributed by atoms with Gasteiger partial charge in [-0.1, -0.05) is 38.1 Å². The van der Waals surface area contributed by atoms with Gasteiger partial charge >= 0.3 is 0 Å². The Labute approximate surface area is 152 Å². The van der Waals surface area contributed by atoms with Crippen LogP contribution in [0.3, 0.4) is 0 Å². The monoisotopic (exact) mass is 353 g/mol. The molecule has 0 spiro atoms. The topological polar surface area (TPSA) is 80.3 Å². The van der Waals surface area contributed by atoms with Crippen LogP contribution in [0.15, 0.2) is 59.3 Å². The van der Waals surface area contributed by atoms with Crippen molar-refractivity contribution in [1.82, 2.24) is 15.1 Å². The summed E-state index contributed by atoms with van der Waals surface area (Å²) in [5.74, 6) is 0.948. The standard InChI is InChI=1S/C20H23N3O3/c1-14(2)15-4-6-16(7-5-15)18(24)12-21-20(25)19-9-8-17(26-19)13-23-11-3-10-22-23/h3-11,14,18,24H,12-13H2,1-2H3,(H,21,25). The quantitative estimate of drug-likeness (QED) is 0.684. The highest BCUT2D eigenvalue weighted by atomic mass is 16.4. The third-order valence-corrected chi connectivity index (χ3v) is 4.21. The highest BCUT2D eigenvalue weighted by Gasteiger charge is 2.14. The molecule has 3 aromatic rings. The van der Waals surface area contributed by atoms with Crippen molar-refractivity contribution in [3.63, 3.8) is 0 Å². The lowest BCUT2D eigenvalue weighted by atomic mass is 10.00. The molecule has 0 saturated carbocycles. The molecule has 1 unspecified atom stereocenters. The zero-order chi connectivity index (χ0) is 18.5. The highest BCUT2D eigenvalue weighted by Crippen LogP contribution is 2.18. The van der Waals surface area contributed by atoms with E-state index in [4.69, 9.17) is 4.42 Å². The van der Waals surface area contributed by atoms with Gasteiger partial charge in [0, 0.05) is 18.9 Å². The van der Waals surface area contributed by atoms with Crippen molar-refractivity contribution >= 4 is 5.91 Å². The molecule has 0 fully saturated rings. The van der Waals surface area contributed by atoms with Gasteiger partial charge in [-0.15, -0.1) is 0 Å². The van der Waals surface area contributed by atoms with E-state index in [0.29, 0.717) is 18.2 Å². The third-order valence-electron chi connectivity index (χ3n) is 4.21. The maximum Gasteiger partial charge on any atom is 0.287 e. The minimum atomic E-state index is -0.765. The fourth-order valence-corrected chi connectivity index (χ4v) is 2.64. The first-order valence-electron chi connectivity index (χ1n) is 8.65. The molecule has 2 N–H and O–H groups in total. The molecule has 1 amide bonds.